The van der Waals surface area contributed by atoms with Gasteiger partial charge in [0.25, 0.3) is 5.91 Å². The van der Waals surface area contributed by atoms with Gasteiger partial charge < -0.3 is 5.32 Å². The Balaban J connectivity index is 2.33. The fourth-order valence-corrected chi connectivity index (χ4v) is 1.96. The maximum atomic E-state index is 13.0. The predicted molar refractivity (Wildman–Crippen MR) is 75.3 cm³/mol. The number of carbonyl (C=O) groups excluding carboxylic acids is 1. The largest absolute Gasteiger partial charge is 0.321 e. The van der Waals surface area contributed by atoms with Crippen molar-refractivity contribution in [2.24, 2.45) is 0 Å². The molecule has 0 spiro atoms. The van der Waals surface area contributed by atoms with Crippen molar-refractivity contribution >= 4 is 23.2 Å². The van der Waals surface area contributed by atoms with Gasteiger partial charge in [-0.05, 0) is 48.9 Å². The van der Waals surface area contributed by atoms with Crippen LogP contribution in [0.5, 0.6) is 0 Å². The van der Waals surface area contributed by atoms with Crippen molar-refractivity contribution in [3.8, 4) is 6.07 Å². The molecule has 0 aliphatic rings. The first-order valence-electron chi connectivity index (χ1n) is 5.78. The first-order chi connectivity index (χ1) is 9.51. The Morgan fingerprint density at radius 3 is 2.70 bits per heavy atom. The van der Waals surface area contributed by atoms with E-state index in [-0.39, 0.29) is 0 Å². The van der Waals surface area contributed by atoms with Gasteiger partial charge in [0.15, 0.2) is 0 Å². The fraction of sp³-hybridized carbons (Fsp3) is 0.0667. The first-order valence-corrected chi connectivity index (χ1v) is 6.16. The van der Waals surface area contributed by atoms with E-state index in [2.05, 4.69) is 5.32 Å². The quantitative estimate of drug-likeness (QED) is 0.911. The second-order valence-electron chi connectivity index (χ2n) is 4.22. The van der Waals surface area contributed by atoms with Crippen molar-refractivity contribution in [3.63, 3.8) is 0 Å². The summed E-state index contributed by atoms with van der Waals surface area (Å²) in [6, 6.07) is 10.4. The highest BCUT2D eigenvalue weighted by molar-refractivity contribution is 6.31. The SMILES string of the molecule is Cc1cc(F)ccc1C(=O)Nc1cc(Cl)ccc1C#N. The molecule has 0 fully saturated rings. The number of nitrogens with one attached hydrogen (secondary N) is 1. The average Bonchev–Trinajstić information content (AvgIpc) is 2.38. The van der Waals surface area contributed by atoms with Gasteiger partial charge in [-0.1, -0.05) is 11.6 Å². The Kier molecular flexibility index (Phi) is 4.02. The van der Waals surface area contributed by atoms with E-state index in [9.17, 15) is 9.18 Å². The summed E-state index contributed by atoms with van der Waals surface area (Å²) in [5.74, 6) is -0.819. The van der Waals surface area contributed by atoms with Crippen LogP contribution in [0.25, 0.3) is 0 Å². The summed E-state index contributed by atoms with van der Waals surface area (Å²) in [5, 5.41) is 12.0. The van der Waals surface area contributed by atoms with Crippen molar-refractivity contribution < 1.29 is 9.18 Å². The molecule has 0 saturated carbocycles. The maximum absolute atomic E-state index is 13.0. The normalized spacial score (nSPS) is 9.90. The Morgan fingerprint density at radius 1 is 1.30 bits per heavy atom. The molecule has 2 aromatic rings. The minimum absolute atomic E-state index is 0.308. The summed E-state index contributed by atoms with van der Waals surface area (Å²) in [6.45, 7) is 1.64. The molecular weight excluding hydrogens is 279 g/mol. The van der Waals surface area contributed by atoms with Crippen molar-refractivity contribution in [3.05, 3.63) is 63.9 Å². The molecule has 2 aromatic carbocycles. The molecule has 3 nitrogen and oxygen atoms in total. The molecule has 20 heavy (non-hydrogen) atoms. The number of hydrogen-bond donors (Lipinski definition) is 1. The Labute approximate surface area is 120 Å². The number of carbonyl (C=O) groups is 1. The van der Waals surface area contributed by atoms with Gasteiger partial charge >= 0.3 is 0 Å². The Morgan fingerprint density at radius 2 is 2.05 bits per heavy atom. The summed E-state index contributed by atoms with van der Waals surface area (Å²) >= 11 is 5.85. The number of aryl methyl sites for hydroxylation is 1. The molecule has 0 aliphatic carbocycles. The number of nitriles is 1. The molecule has 0 saturated heterocycles. The summed E-state index contributed by atoms with van der Waals surface area (Å²) in [7, 11) is 0. The van der Waals surface area contributed by atoms with Crippen LogP contribution in [0.4, 0.5) is 10.1 Å². The van der Waals surface area contributed by atoms with Crippen molar-refractivity contribution in [2.45, 2.75) is 6.92 Å². The van der Waals surface area contributed by atoms with E-state index in [1.54, 1.807) is 13.0 Å². The van der Waals surface area contributed by atoms with Gasteiger partial charge in [-0.25, -0.2) is 4.39 Å². The van der Waals surface area contributed by atoms with Crippen LogP contribution in [0.15, 0.2) is 36.4 Å². The van der Waals surface area contributed by atoms with Crippen LogP contribution < -0.4 is 5.32 Å². The third-order valence-electron chi connectivity index (χ3n) is 2.78. The van der Waals surface area contributed by atoms with E-state index in [1.807, 2.05) is 6.07 Å². The van der Waals surface area contributed by atoms with E-state index in [0.717, 1.165) is 0 Å². The van der Waals surface area contributed by atoms with Crippen molar-refractivity contribution in [1.29, 1.82) is 5.26 Å². The minimum atomic E-state index is -0.415. The van der Waals surface area contributed by atoms with Gasteiger partial charge in [0.05, 0.1) is 11.3 Å². The molecule has 5 heteroatoms. The van der Waals surface area contributed by atoms with Crippen LogP contribution in [0.3, 0.4) is 0 Å². The van der Waals surface area contributed by atoms with Gasteiger partial charge in [-0.2, -0.15) is 5.26 Å². The van der Waals surface area contributed by atoms with E-state index >= 15 is 0 Å². The summed E-state index contributed by atoms with van der Waals surface area (Å²) in [4.78, 5) is 12.1. The number of hydrogen-bond acceptors (Lipinski definition) is 2. The molecule has 0 bridgehead atoms. The summed E-state index contributed by atoms with van der Waals surface area (Å²) in [6.07, 6.45) is 0. The highest BCUT2D eigenvalue weighted by Crippen LogP contribution is 2.21. The van der Waals surface area contributed by atoms with Gasteiger partial charge in [0.1, 0.15) is 11.9 Å². The first kappa shape index (κ1) is 14.0. The third-order valence-corrected chi connectivity index (χ3v) is 3.02. The van der Waals surface area contributed by atoms with Crippen LogP contribution in [-0.2, 0) is 0 Å². The number of benzene rings is 2. The number of halogens is 2. The second-order valence-corrected chi connectivity index (χ2v) is 4.65. The van der Waals surface area contributed by atoms with Crippen molar-refractivity contribution in [2.75, 3.05) is 5.32 Å². The van der Waals surface area contributed by atoms with Crippen LogP contribution in [0, 0.1) is 24.1 Å². The smallest absolute Gasteiger partial charge is 0.255 e. The molecule has 0 heterocycles. The van der Waals surface area contributed by atoms with E-state index < -0.39 is 11.7 Å². The third kappa shape index (κ3) is 2.95. The fourth-order valence-electron chi connectivity index (χ4n) is 1.79. The van der Waals surface area contributed by atoms with E-state index in [0.29, 0.717) is 27.4 Å². The molecule has 0 radical (unpaired) electrons. The average molecular weight is 289 g/mol. The Bertz CT molecular complexity index is 722. The van der Waals surface area contributed by atoms with Gasteiger partial charge in [0, 0.05) is 10.6 Å². The van der Waals surface area contributed by atoms with Crippen LogP contribution in [0.1, 0.15) is 21.5 Å². The molecule has 1 N–H and O–H groups in total. The predicted octanol–water partition coefficient (Wildman–Crippen LogP) is 3.91. The highest BCUT2D eigenvalue weighted by atomic mass is 35.5. The molecule has 1 amide bonds. The zero-order valence-electron chi connectivity index (χ0n) is 10.6. The lowest BCUT2D eigenvalue weighted by atomic mass is 10.1. The summed E-state index contributed by atoms with van der Waals surface area (Å²) in [5.41, 5.74) is 1.49. The monoisotopic (exact) mass is 288 g/mol. The zero-order chi connectivity index (χ0) is 14.7. The van der Waals surface area contributed by atoms with Crippen LogP contribution >= 0.6 is 11.6 Å². The number of nitrogens with zero attached hydrogens (tertiary/aromatic N) is 1. The molecule has 2 rings (SSSR count). The van der Waals surface area contributed by atoms with Crippen LogP contribution in [0.2, 0.25) is 5.02 Å². The van der Waals surface area contributed by atoms with Gasteiger partial charge in [0.2, 0.25) is 0 Å². The zero-order valence-corrected chi connectivity index (χ0v) is 11.3. The molecule has 0 atom stereocenters. The van der Waals surface area contributed by atoms with Crippen LogP contribution in [-0.4, -0.2) is 5.91 Å². The maximum Gasteiger partial charge on any atom is 0.255 e. The molecule has 0 aliphatic heterocycles. The van der Waals surface area contributed by atoms with E-state index in [4.69, 9.17) is 16.9 Å². The lowest BCUT2D eigenvalue weighted by Crippen LogP contribution is -2.14. The van der Waals surface area contributed by atoms with Gasteiger partial charge in [-0.3, -0.25) is 4.79 Å². The van der Waals surface area contributed by atoms with Gasteiger partial charge in [-0.15, -0.1) is 0 Å². The topological polar surface area (TPSA) is 52.9 Å². The standard InChI is InChI=1S/C15H10ClFN2O/c1-9-6-12(17)4-5-13(9)15(20)19-14-7-11(16)3-2-10(14)8-18/h2-7H,1H3,(H,19,20). The van der Waals surface area contributed by atoms with E-state index in [1.165, 1.54) is 30.3 Å². The molecule has 0 unspecified atom stereocenters. The summed E-state index contributed by atoms with van der Waals surface area (Å²) < 4.78 is 13.0. The lowest BCUT2D eigenvalue weighted by Gasteiger charge is -2.09. The minimum Gasteiger partial charge on any atom is -0.321 e. The Hall–Kier alpha value is -2.38. The number of anilines is 1. The molecular formula is C15H10ClFN2O. The second kappa shape index (κ2) is 5.72. The number of amides is 1. The molecule has 0 aromatic heterocycles. The number of rotatable bonds is 2. The molecule has 100 valence electrons. The van der Waals surface area contributed by atoms with Crippen molar-refractivity contribution in [1.82, 2.24) is 0 Å². The highest BCUT2D eigenvalue weighted by Gasteiger charge is 2.12. The lowest BCUT2D eigenvalue weighted by molar-refractivity contribution is 0.102.